The summed E-state index contributed by atoms with van der Waals surface area (Å²) in [5, 5.41) is 34.4. The number of piperidine rings is 4. The third-order valence-corrected chi connectivity index (χ3v) is 27.3. The number of ether oxygens (including phenoxy) is 2. The average Bonchev–Trinajstić information content (AvgIpc) is 1.54. The van der Waals surface area contributed by atoms with Gasteiger partial charge in [0.25, 0.3) is 0 Å². The van der Waals surface area contributed by atoms with Crippen LogP contribution in [0.2, 0.25) is 0 Å². The summed E-state index contributed by atoms with van der Waals surface area (Å²) in [6, 6.07) is 25.2. The first kappa shape index (κ1) is 101. The lowest BCUT2D eigenvalue weighted by molar-refractivity contribution is -0.143. The number of pyridine rings is 4. The second kappa shape index (κ2) is 39.6. The Labute approximate surface area is 811 Å². The van der Waals surface area contributed by atoms with E-state index < -0.39 is 47.4 Å². The minimum Gasteiger partial charge on any atom is -0.480 e. The number of ketones is 4. The molecule has 133 heavy (non-hydrogen) atoms. The normalized spacial score (nSPS) is 23.2. The number of amides is 4. The molecule has 4 aliphatic heterocycles. The van der Waals surface area contributed by atoms with Crippen LogP contribution in [0.4, 0.5) is 21.2 Å². The van der Waals surface area contributed by atoms with Crippen molar-refractivity contribution in [2.45, 2.75) is 261 Å². The lowest BCUT2D eigenvalue weighted by Crippen LogP contribution is -2.47. The van der Waals surface area contributed by atoms with Crippen LogP contribution >= 0.6 is 76.1 Å². The highest BCUT2D eigenvalue weighted by atomic mass is 79.9. The van der Waals surface area contributed by atoms with Gasteiger partial charge < -0.3 is 41.0 Å². The molecule has 37 heteroatoms. The number of carboxylic acids is 2. The second-order valence-corrected chi connectivity index (χ2v) is 42.0. The molecule has 8 fully saturated rings. The number of rotatable bonds is 17. The number of benzene rings is 2. The highest BCUT2D eigenvalue weighted by Crippen LogP contribution is 2.62. The lowest BCUT2D eigenvalue weighted by atomic mass is 9.96. The van der Waals surface area contributed by atoms with E-state index in [4.69, 9.17) is 25.4 Å². The molecule has 4 aliphatic carbocycles. The Bertz CT molecular complexity index is 6250. The number of hydrogen-bond donors (Lipinski definition) is 5. The largest absolute Gasteiger partial charge is 0.480 e. The number of carbonyl (C=O) groups is 10. The zero-order valence-corrected chi connectivity index (χ0v) is 84.7. The maximum Gasteiger partial charge on any atom is 0.411 e. The van der Waals surface area contributed by atoms with E-state index in [1.54, 1.807) is 73.0 Å². The third-order valence-electron chi connectivity index (χ3n) is 25.6. The molecule has 6 N–H and O–H groups in total. The predicted molar refractivity (Wildman–Crippen MR) is 516 cm³/mol. The van der Waals surface area contributed by atoms with Crippen LogP contribution in [-0.2, 0) is 64.2 Å². The maximum absolute atomic E-state index is 13.8. The Balaban J connectivity index is 0.000000151. The minimum absolute atomic E-state index is 0. The van der Waals surface area contributed by atoms with Crippen LogP contribution < -0.4 is 16.4 Å². The zero-order valence-electron chi connectivity index (χ0n) is 77.5. The molecule has 8 aromatic heterocycles. The Kier molecular flexibility index (Phi) is 30.2. The van der Waals surface area contributed by atoms with Crippen molar-refractivity contribution in [1.82, 2.24) is 79.4 Å². The summed E-state index contributed by atoms with van der Waals surface area (Å²) in [6.45, 7) is 33.3. The molecule has 12 heterocycles. The van der Waals surface area contributed by atoms with Gasteiger partial charge >= 0.3 is 24.1 Å². The maximum atomic E-state index is 13.8. The molecular weight excluding hydrogens is 1980 g/mol. The highest BCUT2D eigenvalue weighted by molar-refractivity contribution is 9.11. The van der Waals surface area contributed by atoms with Crippen LogP contribution in [0.5, 0.6) is 0 Å². The van der Waals surface area contributed by atoms with Crippen LogP contribution in [0, 0.1) is 63.2 Å². The van der Waals surface area contributed by atoms with Gasteiger partial charge in [0.15, 0.2) is 23.1 Å². The van der Waals surface area contributed by atoms with E-state index >= 15 is 0 Å². The topological polar surface area (TPSA) is 428 Å². The van der Waals surface area contributed by atoms with Gasteiger partial charge in [0.1, 0.15) is 89.5 Å². The van der Waals surface area contributed by atoms with Crippen LogP contribution in [0.3, 0.4) is 0 Å². The van der Waals surface area contributed by atoms with E-state index in [1.807, 2.05) is 141 Å². The standard InChI is InChI=1S/C29H28BrN7O3.C19H25BrN2O3.C16H14N4O3.C14H17BrN2O.C12H19NO4.C6H7BrN2.ClH/c1-15-5-8-24(30)33-27(15)34-28(40)22-10-29(4)11-23(29)37(22)25(39)14-36-21-7-6-18(19-12-31-17(3)32-13-19)9-20(21)26(35-36)16(2)38;1-11-6-7-16(20)21-12(11)8-14(23)13-9-19(5)10-15(19)22(13)17(24)25-18(2,3)4;1-9(21)16-13-5-11(12-6-17-10(2)18-7-12)3-4-14(13)20(19-16)8-15(22)23;1-8-3-4-13(15)17-9(8)5-11(18)10-6-14(2)7-12(14)16-10;1-11(2,3)17-10(16)13-7(9(14)15)5-12(4)6-8(12)13;1-4-2-3-5(7)9-6(4)8;/h5-9,12-13,22-23H,10-11,14H2,1-4H3,(H,33,34,40);6-7,13,15H,8-10H2,1-5H3;3-7H,8H2,1-2H3,(H,22,23);3-4,10,12,16H,5-7H2,1-2H3;7-8H,5-6H2,1-4H3,(H,14,15);2-3H,1H3,(H2,8,9);1H/t22-,23+,29-;13-,15+,19-;;10-,12+,14-;7-,8+,12-;;/m00.00../s1. The highest BCUT2D eigenvalue weighted by Gasteiger charge is 2.67. The van der Waals surface area contributed by atoms with Gasteiger partial charge in [-0.3, -0.25) is 52.7 Å². The molecule has 0 unspecified atom stereocenters. The summed E-state index contributed by atoms with van der Waals surface area (Å²) in [5.74, 6) is -0.112. The third kappa shape index (κ3) is 23.8. The van der Waals surface area contributed by atoms with E-state index in [-0.39, 0.29) is 119 Å². The number of anilines is 2. The smallest absolute Gasteiger partial charge is 0.411 e. The fourth-order valence-electron chi connectivity index (χ4n) is 17.7. The Morgan fingerprint density at radius 1 is 0.481 bits per heavy atom. The van der Waals surface area contributed by atoms with Gasteiger partial charge in [-0.1, -0.05) is 64.1 Å². The first-order valence-electron chi connectivity index (χ1n) is 43.6. The van der Waals surface area contributed by atoms with Crippen molar-refractivity contribution in [1.29, 1.82) is 0 Å². The van der Waals surface area contributed by atoms with Crippen molar-refractivity contribution < 1.29 is 67.6 Å². The van der Waals surface area contributed by atoms with Crippen LogP contribution in [0.25, 0.3) is 44.1 Å². The zero-order chi connectivity index (χ0) is 96.2. The number of carboxylic acid groups (broad SMARTS) is 2. The average molecular weight is 2100 g/mol. The van der Waals surface area contributed by atoms with Gasteiger partial charge in [0.05, 0.1) is 47.3 Å². The number of fused-ring (bicyclic) bond motifs is 6. The van der Waals surface area contributed by atoms with Crippen molar-refractivity contribution >= 4 is 169 Å². The van der Waals surface area contributed by atoms with Crippen LogP contribution in [0.15, 0.2) is 128 Å². The monoisotopic (exact) mass is 2090 g/mol. The number of aliphatic carboxylic acids is 2. The fraction of sp³-hybridized carbons (Fsp3) is 0.458. The number of aryl methyl sites for hydroxylation is 6. The number of nitrogens with one attached hydrogen (secondary N) is 2. The number of hydrogen-bond acceptors (Lipinski definition) is 24. The van der Waals surface area contributed by atoms with Gasteiger partial charge in [0, 0.05) is 84.7 Å². The summed E-state index contributed by atoms with van der Waals surface area (Å²) >= 11 is 13.3. The molecule has 704 valence electrons. The molecule has 0 spiro atoms. The molecule has 8 aliphatic rings. The number of halogens is 5. The molecule has 10 aromatic rings. The minimum atomic E-state index is -1.01. The Morgan fingerprint density at radius 2 is 0.887 bits per heavy atom. The van der Waals surface area contributed by atoms with Crippen LogP contribution in [-0.4, -0.2) is 203 Å². The van der Waals surface area contributed by atoms with E-state index in [0.717, 1.165) is 90.8 Å². The Hall–Kier alpha value is -10.8. The molecule has 0 radical (unpaired) electrons. The number of aromatic nitrogens is 12. The molecule has 18 rings (SSSR count). The summed E-state index contributed by atoms with van der Waals surface area (Å²) in [4.78, 5) is 162. The van der Waals surface area contributed by atoms with Gasteiger partial charge in [-0.25, -0.2) is 54.3 Å². The molecular formula is C96H111Br4ClN18O14. The molecule has 4 saturated heterocycles. The quantitative estimate of drug-likeness (QED) is 0.0417. The van der Waals surface area contributed by atoms with Gasteiger partial charge in [-0.15, -0.1) is 12.4 Å². The summed E-state index contributed by atoms with van der Waals surface area (Å²) in [7, 11) is 0. The molecule has 12 atom stereocenters. The molecule has 32 nitrogen and oxygen atoms in total. The number of carbonyl (C=O) groups excluding carboxylic acids is 8. The van der Waals surface area contributed by atoms with Gasteiger partial charge in [-0.2, -0.15) is 10.2 Å². The first-order valence-corrected chi connectivity index (χ1v) is 46.8. The number of nitrogen functional groups attached to an aromatic ring is 1. The first-order chi connectivity index (χ1) is 61.8. The lowest BCUT2D eigenvalue weighted by Gasteiger charge is -2.29. The number of nitrogens with two attached hydrogens (primary N) is 1. The molecule has 2 aromatic carbocycles. The number of Topliss-reactive ketones (excluding diaryl/α,β-unsaturated/α-hetero) is 4. The van der Waals surface area contributed by atoms with E-state index in [1.165, 1.54) is 29.9 Å². The molecule has 4 saturated carbocycles. The van der Waals surface area contributed by atoms with Crippen molar-refractivity contribution in [3.05, 3.63) is 185 Å². The van der Waals surface area contributed by atoms with Crippen molar-refractivity contribution in [3.8, 4) is 22.3 Å². The molecule has 4 amide bonds. The van der Waals surface area contributed by atoms with E-state index in [2.05, 4.69) is 145 Å². The predicted octanol–water partition coefficient (Wildman–Crippen LogP) is 17.0. The van der Waals surface area contributed by atoms with Gasteiger partial charge in [-0.05, 0) is 302 Å². The van der Waals surface area contributed by atoms with E-state index in [0.29, 0.717) is 97.1 Å². The molecule has 0 bridgehead atoms. The number of likely N-dealkylation sites (tertiary alicyclic amines) is 3. The summed E-state index contributed by atoms with van der Waals surface area (Å²) < 4.78 is 16.6. The Morgan fingerprint density at radius 3 is 1.31 bits per heavy atom. The van der Waals surface area contributed by atoms with Crippen molar-refractivity contribution in [2.75, 3.05) is 11.1 Å². The fourth-order valence-corrected chi connectivity index (χ4v) is 19.0. The van der Waals surface area contributed by atoms with Gasteiger partial charge in [0.2, 0.25) is 11.8 Å². The SMILES string of the molecule is CC(=O)c1nn(CC(=O)N2[C@H](C(=O)Nc3nc(Br)ccc3C)C[C@@]3(C)C[C@@H]23)c2ccc(-c3cnc(C)nc3)cc12.CC(=O)c1nn(CC(=O)O)c2ccc(-c3cnc(C)nc3)cc12.CC(C)(C)OC(=O)N1[C@H](C(=O)O)C[C@@]2(C)C[C@@H]12.Cc1ccc(Br)nc1CC(=O)[C@@H]1C[C@@]2(C)C[C@H]2N1.Cc1ccc(Br)nc1CC(=O)[C@@H]1C[C@@]2(C)C[C@H]2N1C(=O)OC(C)(C)C.Cc1ccc(Br)nc1N.Cl. The summed E-state index contributed by atoms with van der Waals surface area (Å²) in [6.07, 6.45) is 13.4. The van der Waals surface area contributed by atoms with Crippen molar-refractivity contribution in [3.63, 3.8) is 0 Å². The van der Waals surface area contributed by atoms with Crippen molar-refractivity contribution in [2.24, 2.45) is 21.7 Å². The van der Waals surface area contributed by atoms with Crippen LogP contribution in [0.1, 0.15) is 201 Å². The summed E-state index contributed by atoms with van der Waals surface area (Å²) in [5.41, 5.74) is 15.4. The second-order valence-electron chi connectivity index (χ2n) is 38.8. The van der Waals surface area contributed by atoms with E-state index in [9.17, 15) is 47.9 Å². The number of nitrogens with zero attached hydrogens (tertiary/aromatic N) is 15.